The van der Waals surface area contributed by atoms with Gasteiger partial charge in [-0.2, -0.15) is 10.4 Å². The van der Waals surface area contributed by atoms with Crippen LogP contribution in [0.5, 0.6) is 11.5 Å². The molecule has 0 spiro atoms. The highest BCUT2D eigenvalue weighted by Gasteiger charge is 2.39. The van der Waals surface area contributed by atoms with E-state index in [1.54, 1.807) is 0 Å². The highest BCUT2D eigenvalue weighted by Crippen LogP contribution is 2.40. The summed E-state index contributed by atoms with van der Waals surface area (Å²) in [6.45, 7) is 0. The normalized spacial score (nSPS) is 12.1. The summed E-state index contributed by atoms with van der Waals surface area (Å²) >= 11 is 0. The fraction of sp³-hybridized carbons (Fsp3) is 0. The number of fused-ring (bicyclic) bond motifs is 2. The van der Waals surface area contributed by atoms with E-state index in [1.807, 2.05) is 36.4 Å². The number of anilines is 1. The Morgan fingerprint density at radius 1 is 0.643 bits per heavy atom. The Balaban J connectivity index is 0.000000320. The molecule has 0 amide bonds. The SMILES string of the molecule is Nc1ccc(O)c2c1C(=O)c1c([NH+](O)O)ccc(O)c1C2=O.c1ccccc1. The summed E-state index contributed by atoms with van der Waals surface area (Å²) in [6.07, 6.45) is 0. The van der Waals surface area contributed by atoms with E-state index >= 15 is 0 Å². The molecule has 142 valence electrons. The molecular formula is C20H17N2O6+. The molecule has 3 aromatic rings. The number of hydrogen-bond acceptors (Lipinski definition) is 7. The number of carbonyl (C=O) groups is 2. The van der Waals surface area contributed by atoms with Crippen LogP contribution in [-0.2, 0) is 0 Å². The molecule has 3 aromatic carbocycles. The molecule has 8 nitrogen and oxygen atoms in total. The van der Waals surface area contributed by atoms with Crippen molar-refractivity contribution in [2.75, 3.05) is 5.73 Å². The Morgan fingerprint density at radius 3 is 1.57 bits per heavy atom. The average molecular weight is 381 g/mol. The summed E-state index contributed by atoms with van der Waals surface area (Å²) in [4.78, 5) is 25.1. The number of phenols is 2. The predicted octanol–water partition coefficient (Wildman–Crippen LogP) is 1.44. The highest BCUT2D eigenvalue weighted by molar-refractivity contribution is 6.33. The molecule has 0 aliphatic heterocycles. The lowest BCUT2D eigenvalue weighted by Crippen LogP contribution is -3.02. The smallest absolute Gasteiger partial charge is 0.209 e. The third-order valence-corrected chi connectivity index (χ3v) is 4.21. The van der Waals surface area contributed by atoms with Crippen LogP contribution in [0.25, 0.3) is 0 Å². The van der Waals surface area contributed by atoms with Crippen LogP contribution in [0.15, 0.2) is 60.7 Å². The highest BCUT2D eigenvalue weighted by atomic mass is 16.8. The van der Waals surface area contributed by atoms with Crippen molar-refractivity contribution >= 4 is 22.9 Å². The Bertz CT molecular complexity index is 1040. The molecule has 0 saturated heterocycles. The number of rotatable bonds is 1. The van der Waals surface area contributed by atoms with Crippen LogP contribution >= 0.6 is 0 Å². The van der Waals surface area contributed by atoms with Gasteiger partial charge in [0.2, 0.25) is 17.3 Å². The number of ketones is 2. The number of quaternary nitrogens is 1. The molecule has 0 atom stereocenters. The summed E-state index contributed by atoms with van der Waals surface area (Å²) in [6, 6.07) is 16.6. The van der Waals surface area contributed by atoms with E-state index in [1.165, 1.54) is 12.1 Å². The molecule has 0 fully saturated rings. The number of nitrogens with one attached hydrogen (secondary N) is 1. The van der Waals surface area contributed by atoms with E-state index < -0.39 is 33.9 Å². The van der Waals surface area contributed by atoms with E-state index in [9.17, 15) is 30.2 Å². The van der Waals surface area contributed by atoms with Gasteiger partial charge < -0.3 is 15.9 Å². The summed E-state index contributed by atoms with van der Waals surface area (Å²) in [5.74, 6) is -2.57. The number of carbonyl (C=O) groups excluding carboxylic acids is 2. The fourth-order valence-electron chi connectivity index (χ4n) is 2.96. The minimum Gasteiger partial charge on any atom is -0.507 e. The van der Waals surface area contributed by atoms with E-state index in [4.69, 9.17) is 5.73 Å². The van der Waals surface area contributed by atoms with Crippen LogP contribution in [0.3, 0.4) is 0 Å². The van der Waals surface area contributed by atoms with Gasteiger partial charge in [-0.05, 0) is 23.4 Å². The van der Waals surface area contributed by atoms with E-state index in [0.717, 1.165) is 12.1 Å². The molecule has 0 radical (unpaired) electrons. The number of nitrogens with two attached hydrogens (primary N) is 1. The van der Waals surface area contributed by atoms with Gasteiger partial charge in [0.15, 0.2) is 0 Å². The van der Waals surface area contributed by atoms with E-state index in [0.29, 0.717) is 0 Å². The summed E-state index contributed by atoms with van der Waals surface area (Å²) in [7, 11) is 0. The zero-order chi connectivity index (χ0) is 20.4. The standard InChI is InChI=1S/C14H10N2O6.C6H6/c15-5-1-3-7(17)11-9(5)13(19)10-6(16(21)22)2-4-8(18)12(10)14(11)20;1-2-4-6-5-3-1/h1-4,17-18,21-22H,15H2;1-6H/p+1. The Labute approximate surface area is 159 Å². The first-order valence-electron chi connectivity index (χ1n) is 8.16. The summed E-state index contributed by atoms with van der Waals surface area (Å²) in [5, 5.41) is 37.1. The zero-order valence-electron chi connectivity index (χ0n) is 14.5. The van der Waals surface area contributed by atoms with Crippen LogP contribution in [0.2, 0.25) is 0 Å². The van der Waals surface area contributed by atoms with E-state index in [-0.39, 0.29) is 28.1 Å². The van der Waals surface area contributed by atoms with Gasteiger partial charge in [-0.15, -0.1) is 0 Å². The monoisotopic (exact) mass is 381 g/mol. The van der Waals surface area contributed by atoms with Crippen LogP contribution in [0.4, 0.5) is 11.4 Å². The minimum absolute atomic E-state index is 0.0384. The van der Waals surface area contributed by atoms with Crippen LogP contribution in [-0.4, -0.2) is 32.2 Å². The maximum Gasteiger partial charge on any atom is 0.209 e. The molecule has 1 aliphatic rings. The Hall–Kier alpha value is -3.72. The number of phenolic OH excluding ortho intramolecular Hbond substituents is 2. The average Bonchev–Trinajstić information content (AvgIpc) is 2.69. The van der Waals surface area contributed by atoms with Crippen molar-refractivity contribution in [3.63, 3.8) is 0 Å². The molecule has 8 heteroatoms. The second-order valence-electron chi connectivity index (χ2n) is 5.94. The summed E-state index contributed by atoms with van der Waals surface area (Å²) in [5.41, 5.74) is 4.04. The third-order valence-electron chi connectivity index (χ3n) is 4.21. The first-order chi connectivity index (χ1) is 13.3. The molecule has 28 heavy (non-hydrogen) atoms. The Kier molecular flexibility index (Phi) is 5.10. The molecule has 4 rings (SSSR count). The van der Waals surface area contributed by atoms with Gasteiger partial charge in [-0.25, -0.2) is 0 Å². The minimum atomic E-state index is -1.17. The number of benzene rings is 3. The maximum atomic E-state index is 12.6. The van der Waals surface area contributed by atoms with Gasteiger partial charge in [0.1, 0.15) is 17.1 Å². The van der Waals surface area contributed by atoms with Crippen LogP contribution < -0.4 is 11.0 Å². The molecule has 0 aromatic heterocycles. The fourth-order valence-corrected chi connectivity index (χ4v) is 2.96. The van der Waals surface area contributed by atoms with Gasteiger partial charge in [0, 0.05) is 11.8 Å². The van der Waals surface area contributed by atoms with Crippen LogP contribution in [0.1, 0.15) is 31.8 Å². The van der Waals surface area contributed by atoms with Gasteiger partial charge in [0.25, 0.3) is 0 Å². The van der Waals surface area contributed by atoms with Crippen molar-refractivity contribution in [1.82, 2.24) is 0 Å². The van der Waals surface area contributed by atoms with Crippen molar-refractivity contribution in [2.24, 2.45) is 0 Å². The second-order valence-corrected chi connectivity index (χ2v) is 5.94. The molecule has 0 bridgehead atoms. The van der Waals surface area contributed by atoms with Crippen molar-refractivity contribution < 1.29 is 35.4 Å². The molecule has 1 aliphatic carbocycles. The first-order valence-corrected chi connectivity index (χ1v) is 8.16. The predicted molar refractivity (Wildman–Crippen MR) is 98.1 cm³/mol. The topological polar surface area (TPSA) is 146 Å². The van der Waals surface area contributed by atoms with Gasteiger partial charge in [0.05, 0.1) is 16.7 Å². The largest absolute Gasteiger partial charge is 0.507 e. The van der Waals surface area contributed by atoms with Gasteiger partial charge in [-0.3, -0.25) is 9.59 Å². The summed E-state index contributed by atoms with van der Waals surface area (Å²) < 4.78 is 0. The van der Waals surface area contributed by atoms with E-state index in [2.05, 4.69) is 0 Å². The molecule has 0 saturated carbocycles. The lowest BCUT2D eigenvalue weighted by atomic mass is 9.81. The quantitative estimate of drug-likeness (QED) is 0.166. The lowest BCUT2D eigenvalue weighted by molar-refractivity contribution is -1.19. The zero-order valence-corrected chi connectivity index (χ0v) is 14.5. The third kappa shape index (κ3) is 3.19. The van der Waals surface area contributed by atoms with Crippen molar-refractivity contribution in [3.05, 3.63) is 82.9 Å². The van der Waals surface area contributed by atoms with Crippen molar-refractivity contribution in [2.45, 2.75) is 0 Å². The first kappa shape index (κ1) is 19.1. The molecule has 7 N–H and O–H groups in total. The number of aromatic hydroxyl groups is 2. The number of nitrogen functional groups attached to an aromatic ring is 1. The van der Waals surface area contributed by atoms with Crippen LogP contribution in [0, 0.1) is 0 Å². The second kappa shape index (κ2) is 7.49. The number of hydrogen-bond donors (Lipinski definition) is 6. The van der Waals surface area contributed by atoms with Crippen molar-refractivity contribution in [3.8, 4) is 11.5 Å². The lowest BCUT2D eigenvalue weighted by Gasteiger charge is -2.21. The van der Waals surface area contributed by atoms with Crippen molar-refractivity contribution in [1.29, 1.82) is 0 Å². The molecule has 0 unspecified atom stereocenters. The Morgan fingerprint density at radius 2 is 1.07 bits per heavy atom. The van der Waals surface area contributed by atoms with Gasteiger partial charge >= 0.3 is 0 Å². The van der Waals surface area contributed by atoms with Gasteiger partial charge in [-0.1, -0.05) is 36.4 Å². The molecule has 0 heterocycles. The molecular weight excluding hydrogens is 364 g/mol. The maximum absolute atomic E-state index is 12.6.